The Balaban J connectivity index is 2.52. The summed E-state index contributed by atoms with van der Waals surface area (Å²) in [6.45, 7) is 6.64. The second kappa shape index (κ2) is 10.6. The number of aryl methyl sites for hydroxylation is 1. The van der Waals surface area contributed by atoms with E-state index >= 15 is 0 Å². The van der Waals surface area contributed by atoms with Gasteiger partial charge in [0, 0.05) is 33.4 Å². The van der Waals surface area contributed by atoms with Crippen molar-refractivity contribution in [2.24, 2.45) is 0 Å². The van der Waals surface area contributed by atoms with Crippen LogP contribution in [-0.4, -0.2) is 60.2 Å². The molecule has 0 bridgehead atoms. The molecule has 10 heteroatoms. The van der Waals surface area contributed by atoms with Crippen molar-refractivity contribution < 1.29 is 38.1 Å². The zero-order chi connectivity index (χ0) is 23.3. The van der Waals surface area contributed by atoms with Crippen LogP contribution in [0.25, 0.3) is 0 Å². The fraction of sp³-hybridized carbons (Fsp3) is 0.524. The van der Waals surface area contributed by atoms with Gasteiger partial charge in [0.1, 0.15) is 24.2 Å². The fourth-order valence-corrected chi connectivity index (χ4v) is 3.90. The van der Waals surface area contributed by atoms with Crippen molar-refractivity contribution in [3.63, 3.8) is 0 Å². The van der Waals surface area contributed by atoms with E-state index in [4.69, 9.17) is 18.9 Å². The molecule has 5 atom stereocenters. The summed E-state index contributed by atoms with van der Waals surface area (Å²) in [6, 6.07) is 6.22. The van der Waals surface area contributed by atoms with E-state index in [1.807, 2.05) is 19.1 Å². The quantitative estimate of drug-likeness (QED) is 0.395. The number of anilines is 1. The molecule has 170 valence electrons. The number of nitrogens with zero attached hydrogens (tertiary/aromatic N) is 1. The second-order valence-electron chi connectivity index (χ2n) is 7.23. The molecule has 9 nitrogen and oxygen atoms in total. The minimum atomic E-state index is -1.14. The van der Waals surface area contributed by atoms with Crippen LogP contribution in [0, 0.1) is 6.92 Å². The minimum Gasteiger partial charge on any atom is -0.463 e. The first kappa shape index (κ1) is 24.7. The monoisotopic (exact) mass is 453 g/mol. The van der Waals surface area contributed by atoms with Gasteiger partial charge in [0.25, 0.3) is 0 Å². The van der Waals surface area contributed by atoms with Crippen molar-refractivity contribution in [2.45, 2.75) is 64.4 Å². The maximum atomic E-state index is 12.6. The molecule has 2 rings (SSSR count). The lowest BCUT2D eigenvalue weighted by Crippen LogP contribution is -2.66. The Morgan fingerprint density at radius 2 is 1.48 bits per heavy atom. The molecule has 1 aromatic carbocycles. The molecule has 0 spiro atoms. The molecule has 0 N–H and O–H groups in total. The van der Waals surface area contributed by atoms with Crippen LogP contribution < -0.4 is 4.90 Å². The zero-order valence-electron chi connectivity index (χ0n) is 18.1. The average Bonchev–Trinajstić information content (AvgIpc) is 2.65. The molecule has 0 unspecified atom stereocenters. The number of hydrogen-bond donors (Lipinski definition) is 1. The van der Waals surface area contributed by atoms with Crippen LogP contribution in [0.2, 0.25) is 0 Å². The summed E-state index contributed by atoms with van der Waals surface area (Å²) in [4.78, 5) is 49.1. The molecular weight excluding hydrogens is 426 g/mol. The first-order chi connectivity index (χ1) is 14.5. The van der Waals surface area contributed by atoms with Gasteiger partial charge in [0.15, 0.2) is 12.2 Å². The molecule has 1 fully saturated rings. The predicted molar refractivity (Wildman–Crippen MR) is 114 cm³/mol. The molecule has 31 heavy (non-hydrogen) atoms. The number of ether oxygens (including phenoxy) is 4. The Hall–Kier alpha value is -2.59. The van der Waals surface area contributed by atoms with Crippen molar-refractivity contribution >= 4 is 42.1 Å². The second-order valence-corrected chi connectivity index (χ2v) is 7.74. The average molecular weight is 454 g/mol. The highest BCUT2D eigenvalue weighted by Crippen LogP contribution is 2.34. The van der Waals surface area contributed by atoms with Gasteiger partial charge < -0.3 is 23.8 Å². The van der Waals surface area contributed by atoms with Crippen LogP contribution in [0.15, 0.2) is 24.3 Å². The maximum Gasteiger partial charge on any atom is 0.303 e. The Bertz CT molecular complexity index is 827. The van der Waals surface area contributed by atoms with Crippen molar-refractivity contribution in [1.82, 2.24) is 0 Å². The van der Waals surface area contributed by atoms with E-state index in [2.05, 4.69) is 12.6 Å². The zero-order valence-corrected chi connectivity index (χ0v) is 19.0. The minimum absolute atomic E-state index is 0.251. The standard InChI is InChI=1S/C21H27NO8S/c1-11-6-8-16(9-7-11)22(12(2)23)18-20(29-15(5)26)19(28-14(4)25)17(30-21(18)31)10-27-13(3)24/h6-9,17-21,31H,10H2,1-5H3/t17-,18-,19-,20-,21+/m1/s1. The van der Waals surface area contributed by atoms with Crippen LogP contribution >= 0.6 is 12.6 Å². The number of rotatable bonds is 6. The lowest BCUT2D eigenvalue weighted by Gasteiger charge is -2.47. The van der Waals surface area contributed by atoms with Crippen LogP contribution in [0.3, 0.4) is 0 Å². The van der Waals surface area contributed by atoms with E-state index in [0.29, 0.717) is 5.69 Å². The van der Waals surface area contributed by atoms with Gasteiger partial charge in [-0.25, -0.2) is 0 Å². The van der Waals surface area contributed by atoms with Crippen molar-refractivity contribution in [3.8, 4) is 0 Å². The van der Waals surface area contributed by atoms with Gasteiger partial charge in [-0.15, -0.1) is 12.6 Å². The lowest BCUT2D eigenvalue weighted by atomic mass is 9.95. The molecule has 0 radical (unpaired) electrons. The third-order valence-corrected chi connectivity index (χ3v) is 5.06. The van der Waals surface area contributed by atoms with Crippen molar-refractivity contribution in [3.05, 3.63) is 29.8 Å². The fourth-order valence-electron chi connectivity index (χ4n) is 3.45. The van der Waals surface area contributed by atoms with Gasteiger partial charge in [-0.3, -0.25) is 19.2 Å². The Morgan fingerprint density at radius 3 is 1.97 bits per heavy atom. The summed E-state index contributed by atoms with van der Waals surface area (Å²) in [5, 5.41) is 0. The molecular formula is C21H27NO8S. The highest BCUT2D eigenvalue weighted by atomic mass is 32.1. The summed E-state index contributed by atoms with van der Waals surface area (Å²) in [5.41, 5.74) is 0.579. The van der Waals surface area contributed by atoms with Gasteiger partial charge in [-0.2, -0.15) is 0 Å². The lowest BCUT2D eigenvalue weighted by molar-refractivity contribution is -0.209. The summed E-state index contributed by atoms with van der Waals surface area (Å²) in [6.07, 6.45) is -3.22. The van der Waals surface area contributed by atoms with Crippen LogP contribution in [0.4, 0.5) is 5.69 Å². The number of benzene rings is 1. The van der Waals surface area contributed by atoms with Crippen LogP contribution in [0.5, 0.6) is 0 Å². The Kier molecular flexibility index (Phi) is 8.46. The molecule has 0 saturated carbocycles. The predicted octanol–water partition coefficient (Wildman–Crippen LogP) is 1.80. The number of esters is 3. The first-order valence-corrected chi connectivity index (χ1v) is 10.2. The number of carbonyl (C=O) groups excluding carboxylic acids is 4. The van der Waals surface area contributed by atoms with E-state index in [1.54, 1.807) is 12.1 Å². The van der Waals surface area contributed by atoms with E-state index in [9.17, 15) is 19.2 Å². The summed E-state index contributed by atoms with van der Waals surface area (Å²) in [7, 11) is 0. The van der Waals surface area contributed by atoms with Gasteiger partial charge in [-0.05, 0) is 19.1 Å². The molecule has 0 aromatic heterocycles. The molecule has 1 aliphatic rings. The van der Waals surface area contributed by atoms with Crippen LogP contribution in [-0.2, 0) is 38.1 Å². The van der Waals surface area contributed by atoms with Gasteiger partial charge in [0.2, 0.25) is 5.91 Å². The van der Waals surface area contributed by atoms with E-state index < -0.39 is 47.7 Å². The molecule has 1 heterocycles. The third kappa shape index (κ3) is 6.44. The number of hydrogen-bond acceptors (Lipinski definition) is 9. The third-order valence-electron chi connectivity index (χ3n) is 4.64. The molecule has 1 amide bonds. The Labute approximate surface area is 186 Å². The first-order valence-electron chi connectivity index (χ1n) is 9.69. The highest BCUT2D eigenvalue weighted by Gasteiger charge is 2.52. The normalized spacial score (nSPS) is 25.3. The number of carbonyl (C=O) groups is 4. The molecule has 1 aliphatic heterocycles. The summed E-state index contributed by atoms with van der Waals surface area (Å²) >= 11 is 4.49. The van der Waals surface area contributed by atoms with Crippen molar-refractivity contribution in [1.29, 1.82) is 0 Å². The molecule has 1 aromatic rings. The van der Waals surface area contributed by atoms with E-state index in [-0.39, 0.29) is 12.5 Å². The highest BCUT2D eigenvalue weighted by molar-refractivity contribution is 7.80. The van der Waals surface area contributed by atoms with E-state index in [0.717, 1.165) is 5.56 Å². The number of amides is 1. The van der Waals surface area contributed by atoms with E-state index in [1.165, 1.54) is 32.6 Å². The Morgan fingerprint density at radius 1 is 0.935 bits per heavy atom. The molecule has 1 saturated heterocycles. The SMILES string of the molecule is CC(=O)OC[C@H]1O[C@@H](S)[C@H](N(C(C)=O)c2ccc(C)cc2)[C@@H](OC(C)=O)[C@@H]1OC(C)=O. The van der Waals surface area contributed by atoms with Gasteiger partial charge >= 0.3 is 17.9 Å². The molecule has 0 aliphatic carbocycles. The topological polar surface area (TPSA) is 108 Å². The van der Waals surface area contributed by atoms with Crippen molar-refractivity contribution in [2.75, 3.05) is 11.5 Å². The van der Waals surface area contributed by atoms with Gasteiger partial charge in [-0.1, -0.05) is 17.7 Å². The smallest absolute Gasteiger partial charge is 0.303 e. The summed E-state index contributed by atoms with van der Waals surface area (Å²) in [5.74, 6) is -2.21. The van der Waals surface area contributed by atoms with Gasteiger partial charge in [0.05, 0.1) is 0 Å². The van der Waals surface area contributed by atoms with Crippen LogP contribution in [0.1, 0.15) is 33.3 Å². The number of thiol groups is 1. The largest absolute Gasteiger partial charge is 0.463 e. The summed E-state index contributed by atoms with van der Waals surface area (Å²) < 4.78 is 21.8. The maximum absolute atomic E-state index is 12.6.